The minimum Gasteiger partial charge on any atom is -0.731 e. The summed E-state index contributed by atoms with van der Waals surface area (Å²) in [5.41, 5.74) is 5.64. The molecule has 2 unspecified atom stereocenters. The summed E-state index contributed by atoms with van der Waals surface area (Å²) in [6.45, 7) is -0.505. The predicted molar refractivity (Wildman–Crippen MR) is 116 cm³/mol. The fraction of sp³-hybridized carbons (Fsp3) is 0.294. The second-order valence-electron chi connectivity index (χ2n) is 7.20. The van der Waals surface area contributed by atoms with E-state index >= 15 is 0 Å². The van der Waals surface area contributed by atoms with Gasteiger partial charge in [-0.1, -0.05) is 0 Å². The van der Waals surface area contributed by atoms with Crippen molar-refractivity contribution in [2.45, 2.75) is 12.1 Å². The first kappa shape index (κ1) is 27.6. The van der Waals surface area contributed by atoms with Crippen molar-refractivity contribution in [2.75, 3.05) is 25.4 Å². The molecular weight excluding hydrogens is 531 g/mol. The van der Waals surface area contributed by atoms with E-state index in [4.69, 9.17) is 10.2 Å². The Kier molecular flexibility index (Phi) is 8.37. The van der Waals surface area contributed by atoms with E-state index in [-0.39, 0.29) is 57.8 Å². The van der Waals surface area contributed by atoms with Gasteiger partial charge in [-0.15, -0.1) is 11.3 Å². The average molecular weight is 548 g/mol. The van der Waals surface area contributed by atoms with E-state index < -0.39 is 52.8 Å². The minimum absolute atomic E-state index is 0. The second kappa shape index (κ2) is 10.9. The average Bonchev–Trinajstić information content (AvgIpc) is 3.53. The van der Waals surface area contributed by atoms with Crippen molar-refractivity contribution in [1.29, 1.82) is 0 Å². The molecule has 19 heteroatoms. The van der Waals surface area contributed by atoms with Crippen LogP contribution < -0.4 is 45.9 Å². The van der Waals surface area contributed by atoms with Crippen LogP contribution in [0, 0.1) is 0 Å². The molecule has 2 aromatic rings. The summed E-state index contributed by atoms with van der Waals surface area (Å²) in [4.78, 5) is 54.9. The molecule has 2 atom stereocenters. The first-order valence-corrected chi connectivity index (χ1v) is 12.0. The number of urea groups is 2. The summed E-state index contributed by atoms with van der Waals surface area (Å²) in [6.07, 6.45) is 2.73. The topological polar surface area (TPSA) is 224 Å². The van der Waals surface area contributed by atoms with Crippen LogP contribution >= 0.6 is 11.3 Å². The Morgan fingerprint density at radius 3 is 2.69 bits per heavy atom. The second-order valence-corrected chi connectivity index (χ2v) is 9.38. The van der Waals surface area contributed by atoms with Gasteiger partial charge in [-0.2, -0.15) is 5.10 Å². The van der Waals surface area contributed by atoms with Gasteiger partial charge in [-0.3, -0.25) is 9.59 Å². The molecule has 0 bridgehead atoms. The number of aromatic nitrogens is 1. The van der Waals surface area contributed by atoms with Crippen LogP contribution in [0.1, 0.15) is 17.5 Å². The molecule has 2 saturated heterocycles. The molecule has 4 N–H and O–H groups in total. The van der Waals surface area contributed by atoms with Gasteiger partial charge in [0, 0.05) is 5.38 Å². The Bertz CT molecular complexity index is 1300. The van der Waals surface area contributed by atoms with Gasteiger partial charge in [-0.25, -0.2) is 37.2 Å². The number of furan rings is 1. The van der Waals surface area contributed by atoms with Gasteiger partial charge in [0.2, 0.25) is 5.91 Å². The third-order valence-electron chi connectivity index (χ3n) is 4.94. The van der Waals surface area contributed by atoms with E-state index in [1.54, 1.807) is 12.1 Å². The molecule has 6 amide bonds. The molecule has 2 aliphatic heterocycles. The smallest absolute Gasteiger partial charge is 0.731 e. The molecule has 4 heterocycles. The number of imide groups is 1. The number of anilines is 1. The standard InChI is InChI=1S/C17H18N8O8S2.Na/c18-15-21-11(8-34-15)12(13(26)20-10-7-25(14(10)27)35(30,31)32)22-16(28)23-3-4-24(17(23)29)19-6-9-2-1-5-33-9;/h1-2,5-6,8,10,12H,3-4,7H2,(H2,18,21)(H,20,26)(H,22,28)(H,30,31,32);/q;+1/p-1. The van der Waals surface area contributed by atoms with Gasteiger partial charge in [0.15, 0.2) is 21.5 Å². The third kappa shape index (κ3) is 5.85. The van der Waals surface area contributed by atoms with Gasteiger partial charge in [0.25, 0.3) is 5.91 Å². The normalized spacial score (nSPS) is 18.7. The van der Waals surface area contributed by atoms with Gasteiger partial charge in [-0.05, 0) is 12.1 Å². The maximum absolute atomic E-state index is 12.8. The van der Waals surface area contributed by atoms with Crippen LogP contribution in [0.3, 0.4) is 0 Å². The Labute approximate surface area is 229 Å². The Hall–Kier alpha value is -3.03. The van der Waals surface area contributed by atoms with E-state index in [1.165, 1.54) is 17.9 Å². The maximum atomic E-state index is 12.8. The largest absolute Gasteiger partial charge is 1.00 e. The maximum Gasteiger partial charge on any atom is 1.00 e. The van der Waals surface area contributed by atoms with Crippen molar-refractivity contribution in [3.8, 4) is 0 Å². The Balaban J connectivity index is 0.00000361. The molecule has 0 aliphatic carbocycles. The van der Waals surface area contributed by atoms with Crippen LogP contribution in [0.5, 0.6) is 0 Å². The van der Waals surface area contributed by atoms with Crippen molar-refractivity contribution in [3.05, 3.63) is 35.2 Å². The number of carbonyl (C=O) groups is 4. The molecule has 186 valence electrons. The first-order valence-electron chi connectivity index (χ1n) is 9.80. The Morgan fingerprint density at radius 1 is 1.36 bits per heavy atom. The number of hydrogen-bond acceptors (Lipinski definition) is 12. The summed E-state index contributed by atoms with van der Waals surface area (Å²) in [6, 6.07) is -1.21. The zero-order valence-corrected chi connectivity index (χ0v) is 22.2. The van der Waals surface area contributed by atoms with Crippen LogP contribution in [-0.4, -0.2) is 87.9 Å². The number of hydrogen-bond donors (Lipinski definition) is 3. The quantitative estimate of drug-likeness (QED) is 0.130. The summed E-state index contributed by atoms with van der Waals surface area (Å²) in [7, 11) is -4.99. The van der Waals surface area contributed by atoms with Crippen LogP contribution in [0.2, 0.25) is 0 Å². The van der Waals surface area contributed by atoms with Gasteiger partial charge in [0.05, 0.1) is 37.8 Å². The van der Waals surface area contributed by atoms with Crippen molar-refractivity contribution in [3.63, 3.8) is 0 Å². The predicted octanol–water partition coefficient (Wildman–Crippen LogP) is -4.37. The zero-order valence-electron chi connectivity index (χ0n) is 18.6. The molecule has 2 fully saturated rings. The fourth-order valence-corrected chi connectivity index (χ4v) is 4.45. The van der Waals surface area contributed by atoms with Crippen molar-refractivity contribution < 1.29 is 66.1 Å². The van der Waals surface area contributed by atoms with E-state index in [2.05, 4.69) is 20.7 Å². The number of hydrazone groups is 1. The van der Waals surface area contributed by atoms with Gasteiger partial charge >= 0.3 is 41.6 Å². The van der Waals surface area contributed by atoms with Crippen molar-refractivity contribution >= 4 is 56.9 Å². The van der Waals surface area contributed by atoms with Crippen LogP contribution in [-0.2, 0) is 19.9 Å². The zero-order chi connectivity index (χ0) is 25.3. The molecule has 0 aromatic carbocycles. The van der Waals surface area contributed by atoms with E-state index in [9.17, 15) is 32.1 Å². The van der Waals surface area contributed by atoms with Crippen LogP contribution in [0.4, 0.5) is 14.7 Å². The van der Waals surface area contributed by atoms with Crippen molar-refractivity contribution in [1.82, 2.24) is 29.8 Å². The molecule has 0 saturated carbocycles. The van der Waals surface area contributed by atoms with Gasteiger partial charge < -0.3 is 25.3 Å². The number of nitrogens with one attached hydrogen (secondary N) is 2. The summed E-state index contributed by atoms with van der Waals surface area (Å²) in [5.74, 6) is -1.65. The van der Waals surface area contributed by atoms with Gasteiger partial charge in [0.1, 0.15) is 11.8 Å². The number of nitrogens with zero attached hydrogens (tertiary/aromatic N) is 5. The summed E-state index contributed by atoms with van der Waals surface area (Å²) < 4.78 is 38.1. The molecular formula is C17H17N8NaO8S2. The molecule has 2 aliphatic rings. The number of carbonyl (C=O) groups excluding carboxylic acids is 4. The monoisotopic (exact) mass is 548 g/mol. The first-order chi connectivity index (χ1) is 16.5. The minimum atomic E-state index is -4.99. The number of thiazole rings is 1. The molecule has 2 aromatic heterocycles. The number of nitrogen functional groups attached to an aromatic ring is 1. The summed E-state index contributed by atoms with van der Waals surface area (Å²) >= 11 is 0.981. The Morgan fingerprint density at radius 2 is 2.11 bits per heavy atom. The van der Waals surface area contributed by atoms with E-state index in [0.717, 1.165) is 21.2 Å². The van der Waals surface area contributed by atoms with Crippen molar-refractivity contribution in [2.24, 2.45) is 5.10 Å². The molecule has 0 spiro atoms. The SMILES string of the molecule is Nc1nc(C(NC(=O)N2CCN(N=Cc3ccco3)C2=O)C(=O)NC2CN(S(=O)(=O)[O-])C2=O)cs1.[Na+]. The van der Waals surface area contributed by atoms with Crippen LogP contribution in [0.15, 0.2) is 33.3 Å². The fourth-order valence-electron chi connectivity index (χ4n) is 3.18. The molecule has 4 rings (SSSR count). The third-order valence-corrected chi connectivity index (χ3v) is 6.50. The van der Waals surface area contributed by atoms with E-state index in [0.29, 0.717) is 5.76 Å². The number of nitrogens with two attached hydrogens (primary N) is 1. The van der Waals surface area contributed by atoms with E-state index in [1.807, 2.05) is 0 Å². The number of β-lactam (4-membered cyclic amide) rings is 1. The molecule has 0 radical (unpaired) electrons. The molecule has 16 nitrogen and oxygen atoms in total. The number of amides is 6. The van der Waals surface area contributed by atoms with Crippen LogP contribution in [0.25, 0.3) is 0 Å². The summed E-state index contributed by atoms with van der Waals surface area (Å²) in [5, 5.41) is 11.1. The molecule has 36 heavy (non-hydrogen) atoms. The number of rotatable bonds is 7.